The van der Waals surface area contributed by atoms with Gasteiger partial charge in [-0.1, -0.05) is 17.7 Å². The van der Waals surface area contributed by atoms with Crippen molar-refractivity contribution >= 4 is 52.3 Å². The van der Waals surface area contributed by atoms with Crippen molar-refractivity contribution in [1.82, 2.24) is 0 Å². The highest BCUT2D eigenvalue weighted by Crippen LogP contribution is 2.20. The number of nitrogens with zero attached hydrogens (tertiary/aromatic N) is 1. The van der Waals surface area contributed by atoms with Crippen LogP contribution in [0.2, 0.25) is 5.02 Å². The highest BCUT2D eigenvalue weighted by Gasteiger charge is 2.11. The van der Waals surface area contributed by atoms with Crippen molar-refractivity contribution in [3.63, 3.8) is 0 Å². The second kappa shape index (κ2) is 9.33. The minimum Gasteiger partial charge on any atom is -0.455 e. The lowest BCUT2D eigenvalue weighted by Crippen LogP contribution is -2.22. The summed E-state index contributed by atoms with van der Waals surface area (Å²) in [7, 11) is 0. The number of carbonyl (C=O) groups excluding carboxylic acids is 2. The Morgan fingerprint density at radius 2 is 2.21 bits per heavy atom. The molecule has 0 aliphatic heterocycles. The van der Waals surface area contributed by atoms with Crippen molar-refractivity contribution in [2.24, 2.45) is 0 Å². The summed E-state index contributed by atoms with van der Waals surface area (Å²) >= 11 is 8.89. The number of esters is 1. The van der Waals surface area contributed by atoms with Crippen LogP contribution >= 0.6 is 34.7 Å². The van der Waals surface area contributed by atoms with Crippen LogP contribution in [0.5, 0.6) is 0 Å². The summed E-state index contributed by atoms with van der Waals surface area (Å²) in [6.07, 6.45) is 0. The van der Waals surface area contributed by atoms with Crippen LogP contribution < -0.4 is 5.32 Å². The number of ether oxygens (including phenoxy) is 1. The third-order valence-corrected chi connectivity index (χ3v) is 5.03. The fourth-order valence-electron chi connectivity index (χ4n) is 1.72. The minimum absolute atomic E-state index is 0.172. The number of rotatable bonds is 7. The van der Waals surface area contributed by atoms with Gasteiger partial charge in [-0.2, -0.15) is 5.26 Å². The Hall–Kier alpha value is -2.01. The highest BCUT2D eigenvalue weighted by molar-refractivity contribution is 7.99. The summed E-state index contributed by atoms with van der Waals surface area (Å²) in [5, 5.41) is 13.9. The molecule has 124 valence electrons. The number of benzene rings is 1. The first-order valence-corrected chi connectivity index (χ1v) is 9.25. The van der Waals surface area contributed by atoms with Crippen LogP contribution in [0.1, 0.15) is 10.4 Å². The zero-order valence-electron chi connectivity index (χ0n) is 12.5. The van der Waals surface area contributed by atoms with Crippen molar-refractivity contribution in [3.8, 4) is 6.07 Å². The fourth-order valence-corrected chi connectivity index (χ4v) is 3.55. The second-order valence-corrected chi connectivity index (χ2v) is 7.04. The van der Waals surface area contributed by atoms with E-state index in [-0.39, 0.29) is 17.0 Å². The molecule has 0 saturated heterocycles. The van der Waals surface area contributed by atoms with E-state index in [4.69, 9.17) is 21.6 Å². The third kappa shape index (κ3) is 5.89. The average Bonchev–Trinajstić information content (AvgIpc) is 3.06. The monoisotopic (exact) mass is 380 g/mol. The van der Waals surface area contributed by atoms with E-state index in [1.54, 1.807) is 17.4 Å². The minimum atomic E-state index is -0.523. The molecular weight excluding hydrogens is 368 g/mol. The topological polar surface area (TPSA) is 79.2 Å². The number of thiophene rings is 1. The quantitative estimate of drug-likeness (QED) is 0.741. The standard InChI is InChI=1S/C16H13ClN2O3S2/c17-12-4-3-11(7-18)14(6-12)19-15(20)8-22-16(21)10-23-9-13-2-1-5-24-13/h1-6H,8-10H2,(H,19,20). The molecule has 1 amide bonds. The van der Waals surface area contributed by atoms with Crippen LogP contribution in [0, 0.1) is 11.3 Å². The molecule has 1 heterocycles. The maximum absolute atomic E-state index is 11.8. The molecule has 0 unspecified atom stereocenters. The van der Waals surface area contributed by atoms with E-state index in [2.05, 4.69) is 5.32 Å². The second-order valence-electron chi connectivity index (χ2n) is 4.58. The summed E-state index contributed by atoms with van der Waals surface area (Å²) < 4.78 is 4.91. The van der Waals surface area contributed by atoms with Gasteiger partial charge in [0, 0.05) is 15.7 Å². The molecule has 8 heteroatoms. The molecule has 0 aliphatic rings. The molecule has 1 N–H and O–H groups in total. The molecule has 2 rings (SSSR count). The highest BCUT2D eigenvalue weighted by atomic mass is 35.5. The predicted octanol–water partition coefficient (Wildman–Crippen LogP) is 3.69. The first-order valence-electron chi connectivity index (χ1n) is 6.83. The van der Waals surface area contributed by atoms with E-state index in [0.29, 0.717) is 5.02 Å². The lowest BCUT2D eigenvalue weighted by atomic mass is 10.2. The van der Waals surface area contributed by atoms with Crippen molar-refractivity contribution in [3.05, 3.63) is 51.2 Å². The van der Waals surface area contributed by atoms with Gasteiger partial charge in [-0.05, 0) is 29.6 Å². The van der Waals surface area contributed by atoms with Crippen LogP contribution in [0.25, 0.3) is 0 Å². The van der Waals surface area contributed by atoms with E-state index in [0.717, 1.165) is 5.75 Å². The van der Waals surface area contributed by atoms with Crippen molar-refractivity contribution < 1.29 is 14.3 Å². The molecule has 0 spiro atoms. The van der Waals surface area contributed by atoms with Gasteiger partial charge in [0.25, 0.3) is 5.91 Å². The van der Waals surface area contributed by atoms with Crippen LogP contribution in [-0.2, 0) is 20.1 Å². The molecule has 1 aromatic heterocycles. The maximum Gasteiger partial charge on any atom is 0.316 e. The van der Waals surface area contributed by atoms with Gasteiger partial charge in [0.15, 0.2) is 6.61 Å². The zero-order chi connectivity index (χ0) is 17.4. The van der Waals surface area contributed by atoms with Crippen molar-refractivity contribution in [1.29, 1.82) is 5.26 Å². The molecule has 0 atom stereocenters. The number of thioether (sulfide) groups is 1. The molecule has 0 fully saturated rings. The van der Waals surface area contributed by atoms with Gasteiger partial charge in [-0.15, -0.1) is 23.1 Å². The zero-order valence-corrected chi connectivity index (χ0v) is 14.8. The summed E-state index contributed by atoms with van der Waals surface area (Å²) in [5.41, 5.74) is 0.573. The predicted molar refractivity (Wildman–Crippen MR) is 96.2 cm³/mol. The number of hydrogen-bond acceptors (Lipinski definition) is 6. The van der Waals surface area contributed by atoms with E-state index in [1.165, 1.54) is 28.8 Å². The number of halogens is 1. The van der Waals surface area contributed by atoms with E-state index in [1.807, 2.05) is 23.6 Å². The van der Waals surface area contributed by atoms with Crippen LogP contribution in [-0.4, -0.2) is 24.2 Å². The SMILES string of the molecule is N#Cc1ccc(Cl)cc1NC(=O)COC(=O)CSCc1cccs1. The molecule has 5 nitrogen and oxygen atoms in total. The number of hydrogen-bond donors (Lipinski definition) is 1. The third-order valence-electron chi connectivity index (χ3n) is 2.78. The number of anilines is 1. The molecule has 2 aromatic rings. The Balaban J connectivity index is 1.73. The molecule has 0 saturated carbocycles. The first-order chi connectivity index (χ1) is 11.6. The largest absolute Gasteiger partial charge is 0.455 e. The number of nitriles is 1. The normalized spacial score (nSPS) is 10.0. The van der Waals surface area contributed by atoms with Crippen molar-refractivity contribution in [2.75, 3.05) is 17.7 Å². The molecule has 0 bridgehead atoms. The Kier molecular flexibility index (Phi) is 7.12. The Morgan fingerprint density at radius 1 is 1.38 bits per heavy atom. The van der Waals surface area contributed by atoms with E-state index < -0.39 is 18.5 Å². The number of amides is 1. The Labute approximate surface area is 152 Å². The molecular formula is C16H13ClN2O3S2. The van der Waals surface area contributed by atoms with E-state index >= 15 is 0 Å². The Bertz CT molecular complexity index is 757. The maximum atomic E-state index is 11.8. The van der Waals surface area contributed by atoms with Gasteiger partial charge in [0.1, 0.15) is 6.07 Å². The molecule has 0 radical (unpaired) electrons. The summed E-state index contributed by atoms with van der Waals surface area (Å²) in [4.78, 5) is 24.6. The van der Waals surface area contributed by atoms with E-state index in [9.17, 15) is 9.59 Å². The lowest BCUT2D eigenvalue weighted by molar-refractivity contribution is -0.144. The van der Waals surface area contributed by atoms with Gasteiger partial charge in [0.2, 0.25) is 0 Å². The van der Waals surface area contributed by atoms with Crippen LogP contribution in [0.3, 0.4) is 0 Å². The first kappa shape index (κ1) is 18.3. The average molecular weight is 381 g/mol. The molecule has 0 aliphatic carbocycles. The van der Waals surface area contributed by atoms with Crippen molar-refractivity contribution in [2.45, 2.75) is 5.75 Å². The number of carbonyl (C=O) groups is 2. The van der Waals surface area contributed by atoms with Gasteiger partial charge in [0.05, 0.1) is 17.0 Å². The van der Waals surface area contributed by atoms with Gasteiger partial charge in [-0.3, -0.25) is 9.59 Å². The van der Waals surface area contributed by atoms with Gasteiger partial charge >= 0.3 is 5.97 Å². The number of nitrogens with one attached hydrogen (secondary N) is 1. The summed E-state index contributed by atoms with van der Waals surface area (Å²) in [6, 6.07) is 10.4. The summed E-state index contributed by atoms with van der Waals surface area (Å²) in [6.45, 7) is -0.407. The van der Waals surface area contributed by atoms with Crippen LogP contribution in [0.4, 0.5) is 5.69 Å². The summed E-state index contributed by atoms with van der Waals surface area (Å²) in [5.74, 6) is -0.0811. The molecule has 1 aromatic carbocycles. The Morgan fingerprint density at radius 3 is 2.92 bits per heavy atom. The smallest absolute Gasteiger partial charge is 0.316 e. The lowest BCUT2D eigenvalue weighted by Gasteiger charge is -2.08. The van der Waals surface area contributed by atoms with Gasteiger partial charge < -0.3 is 10.1 Å². The van der Waals surface area contributed by atoms with Gasteiger partial charge in [-0.25, -0.2) is 0 Å². The fraction of sp³-hybridized carbons (Fsp3) is 0.188. The molecule has 24 heavy (non-hydrogen) atoms. The van der Waals surface area contributed by atoms with Crippen LogP contribution in [0.15, 0.2) is 35.7 Å².